The molecule has 32 heavy (non-hydrogen) atoms. The van der Waals surface area contributed by atoms with Crippen LogP contribution in [0.25, 0.3) is 10.9 Å². The predicted molar refractivity (Wildman–Crippen MR) is 127 cm³/mol. The molecule has 5 nitrogen and oxygen atoms in total. The number of nitrogens with one attached hydrogen (secondary N) is 2. The van der Waals surface area contributed by atoms with Gasteiger partial charge in [-0.05, 0) is 53.9 Å². The van der Waals surface area contributed by atoms with Crippen molar-refractivity contribution in [3.8, 4) is 17.2 Å². The Kier molecular flexibility index (Phi) is 5.50. The molecule has 1 aliphatic rings. The van der Waals surface area contributed by atoms with Crippen LogP contribution >= 0.6 is 0 Å². The minimum absolute atomic E-state index is 0.0389. The summed E-state index contributed by atoms with van der Waals surface area (Å²) in [5.41, 5.74) is 6.13. The third-order valence-corrected chi connectivity index (χ3v) is 6.28. The SMILES string of the molecule is CCOc1cc([C@@H]2NC[C@@H](c3ccc(OC)cc3)c3c2[nH]c2ccccc32)ccc1OC. The Labute approximate surface area is 188 Å². The van der Waals surface area contributed by atoms with Gasteiger partial charge in [0.15, 0.2) is 11.5 Å². The zero-order valence-corrected chi connectivity index (χ0v) is 18.6. The first-order valence-corrected chi connectivity index (χ1v) is 11.0. The summed E-state index contributed by atoms with van der Waals surface area (Å²) in [7, 11) is 3.37. The van der Waals surface area contributed by atoms with Crippen LogP contribution in [-0.4, -0.2) is 32.4 Å². The lowest BCUT2D eigenvalue weighted by molar-refractivity contribution is 0.310. The molecule has 0 radical (unpaired) electrons. The Morgan fingerprint density at radius 2 is 1.66 bits per heavy atom. The predicted octanol–water partition coefficient (Wildman–Crippen LogP) is 5.41. The van der Waals surface area contributed by atoms with Gasteiger partial charge < -0.3 is 24.5 Å². The van der Waals surface area contributed by atoms with E-state index in [9.17, 15) is 0 Å². The van der Waals surface area contributed by atoms with Gasteiger partial charge >= 0.3 is 0 Å². The molecule has 5 rings (SSSR count). The molecule has 2 heterocycles. The second-order valence-corrected chi connectivity index (χ2v) is 8.01. The average Bonchev–Trinajstić information content (AvgIpc) is 3.23. The van der Waals surface area contributed by atoms with Crippen LogP contribution in [0.15, 0.2) is 66.7 Å². The summed E-state index contributed by atoms with van der Waals surface area (Å²) >= 11 is 0. The summed E-state index contributed by atoms with van der Waals surface area (Å²) in [6.45, 7) is 3.41. The highest BCUT2D eigenvalue weighted by Gasteiger charge is 2.32. The molecule has 4 aromatic rings. The summed E-state index contributed by atoms with van der Waals surface area (Å²) in [5, 5.41) is 5.05. The highest BCUT2D eigenvalue weighted by Crippen LogP contribution is 2.43. The fraction of sp³-hybridized carbons (Fsp3) is 0.259. The van der Waals surface area contributed by atoms with Gasteiger partial charge in [-0.15, -0.1) is 0 Å². The number of hydrogen-bond acceptors (Lipinski definition) is 4. The Morgan fingerprint density at radius 1 is 0.875 bits per heavy atom. The molecular formula is C27H28N2O3. The molecule has 0 spiro atoms. The van der Waals surface area contributed by atoms with Gasteiger partial charge in [-0.1, -0.05) is 36.4 Å². The Morgan fingerprint density at radius 3 is 2.41 bits per heavy atom. The molecule has 2 N–H and O–H groups in total. The molecule has 0 bridgehead atoms. The first kappa shape index (κ1) is 20.5. The molecule has 5 heteroatoms. The number of aromatic amines is 1. The monoisotopic (exact) mass is 428 g/mol. The number of rotatable bonds is 6. The van der Waals surface area contributed by atoms with E-state index < -0.39 is 0 Å². The summed E-state index contributed by atoms with van der Waals surface area (Å²) in [6.07, 6.45) is 0. The van der Waals surface area contributed by atoms with E-state index in [1.165, 1.54) is 22.2 Å². The molecule has 0 aliphatic carbocycles. The minimum atomic E-state index is 0.0389. The molecule has 3 aromatic carbocycles. The highest BCUT2D eigenvalue weighted by molar-refractivity contribution is 5.86. The largest absolute Gasteiger partial charge is 0.497 e. The number of fused-ring (bicyclic) bond motifs is 3. The van der Waals surface area contributed by atoms with Crippen LogP contribution in [0.4, 0.5) is 0 Å². The van der Waals surface area contributed by atoms with Crippen molar-refractivity contribution in [1.82, 2.24) is 10.3 Å². The Balaban J connectivity index is 1.62. The molecule has 0 amide bonds. The second-order valence-electron chi connectivity index (χ2n) is 8.01. The average molecular weight is 429 g/mol. The number of methoxy groups -OCH3 is 2. The third-order valence-electron chi connectivity index (χ3n) is 6.28. The van der Waals surface area contributed by atoms with Crippen molar-refractivity contribution in [2.24, 2.45) is 0 Å². The van der Waals surface area contributed by atoms with Gasteiger partial charge in [0.25, 0.3) is 0 Å². The van der Waals surface area contributed by atoms with Crippen molar-refractivity contribution >= 4 is 10.9 Å². The summed E-state index contributed by atoms with van der Waals surface area (Å²) in [6, 6.07) is 23.2. The maximum atomic E-state index is 5.84. The second kappa shape index (κ2) is 8.60. The minimum Gasteiger partial charge on any atom is -0.497 e. The highest BCUT2D eigenvalue weighted by atomic mass is 16.5. The number of ether oxygens (including phenoxy) is 3. The topological polar surface area (TPSA) is 55.5 Å². The van der Waals surface area contributed by atoms with Crippen molar-refractivity contribution in [1.29, 1.82) is 0 Å². The van der Waals surface area contributed by atoms with Crippen LogP contribution in [0.2, 0.25) is 0 Å². The van der Waals surface area contributed by atoms with E-state index in [1.54, 1.807) is 14.2 Å². The zero-order valence-electron chi connectivity index (χ0n) is 18.6. The number of H-pyrrole nitrogens is 1. The van der Waals surface area contributed by atoms with Crippen molar-refractivity contribution in [2.75, 3.05) is 27.4 Å². The quantitative estimate of drug-likeness (QED) is 0.431. The van der Waals surface area contributed by atoms with Gasteiger partial charge in [0.2, 0.25) is 0 Å². The van der Waals surface area contributed by atoms with E-state index >= 15 is 0 Å². The van der Waals surface area contributed by atoms with Crippen LogP contribution in [0.1, 0.15) is 41.3 Å². The van der Waals surface area contributed by atoms with Gasteiger partial charge in [0.1, 0.15) is 5.75 Å². The lowest BCUT2D eigenvalue weighted by Gasteiger charge is -2.31. The zero-order chi connectivity index (χ0) is 22.1. The van der Waals surface area contributed by atoms with Gasteiger partial charge in [-0.25, -0.2) is 0 Å². The lowest BCUT2D eigenvalue weighted by atomic mass is 9.83. The summed E-state index contributed by atoms with van der Waals surface area (Å²) in [4.78, 5) is 3.71. The van der Waals surface area contributed by atoms with E-state index in [1.807, 2.05) is 25.1 Å². The van der Waals surface area contributed by atoms with Gasteiger partial charge in [-0.2, -0.15) is 0 Å². The maximum Gasteiger partial charge on any atom is 0.161 e. The van der Waals surface area contributed by atoms with E-state index in [0.29, 0.717) is 6.61 Å². The molecule has 2 atom stereocenters. The van der Waals surface area contributed by atoms with Gasteiger partial charge in [0.05, 0.1) is 26.9 Å². The van der Waals surface area contributed by atoms with Crippen LogP contribution in [-0.2, 0) is 0 Å². The Bertz CT molecular complexity index is 1230. The van der Waals surface area contributed by atoms with Crippen molar-refractivity contribution in [3.05, 3.63) is 89.1 Å². The van der Waals surface area contributed by atoms with Crippen LogP contribution in [0.3, 0.4) is 0 Å². The first-order valence-electron chi connectivity index (χ1n) is 11.0. The van der Waals surface area contributed by atoms with E-state index in [-0.39, 0.29) is 12.0 Å². The number of para-hydroxylation sites is 1. The number of benzene rings is 3. The molecular weight excluding hydrogens is 400 g/mol. The molecule has 1 aliphatic heterocycles. The molecule has 0 fully saturated rings. The van der Waals surface area contributed by atoms with Crippen LogP contribution in [0, 0.1) is 0 Å². The summed E-state index contributed by atoms with van der Waals surface area (Å²) < 4.78 is 16.7. The van der Waals surface area contributed by atoms with E-state index in [2.05, 4.69) is 58.8 Å². The standard InChI is InChI=1S/C27H28N2O3/c1-4-32-24-15-18(11-14-23(24)31-3)26-27-25(20-7-5-6-8-22(20)29-27)21(16-28-26)17-9-12-19(30-2)13-10-17/h5-15,21,26,28-29H,4,16H2,1-3H3/t21-,26-/m0/s1. The molecule has 0 saturated carbocycles. The summed E-state index contributed by atoms with van der Waals surface area (Å²) in [5.74, 6) is 2.63. The lowest BCUT2D eigenvalue weighted by Crippen LogP contribution is -2.34. The molecule has 164 valence electrons. The number of hydrogen-bond donors (Lipinski definition) is 2. The molecule has 1 aromatic heterocycles. The van der Waals surface area contributed by atoms with Crippen molar-refractivity contribution in [2.45, 2.75) is 18.9 Å². The fourth-order valence-corrected chi connectivity index (χ4v) is 4.77. The Hall–Kier alpha value is -3.44. The van der Waals surface area contributed by atoms with E-state index in [0.717, 1.165) is 34.9 Å². The normalized spacial score (nSPS) is 17.7. The molecule has 0 unspecified atom stereocenters. The molecule has 0 saturated heterocycles. The van der Waals surface area contributed by atoms with Crippen LogP contribution in [0.5, 0.6) is 17.2 Å². The maximum absolute atomic E-state index is 5.84. The van der Waals surface area contributed by atoms with E-state index in [4.69, 9.17) is 14.2 Å². The first-order chi connectivity index (χ1) is 15.7. The van der Waals surface area contributed by atoms with Gasteiger partial charge in [0, 0.05) is 29.1 Å². The van der Waals surface area contributed by atoms with Gasteiger partial charge in [-0.3, -0.25) is 0 Å². The smallest absolute Gasteiger partial charge is 0.161 e. The van der Waals surface area contributed by atoms with Crippen molar-refractivity contribution in [3.63, 3.8) is 0 Å². The third kappa shape index (κ3) is 3.49. The van der Waals surface area contributed by atoms with Crippen LogP contribution < -0.4 is 19.5 Å². The van der Waals surface area contributed by atoms with Crippen molar-refractivity contribution < 1.29 is 14.2 Å². The number of aromatic nitrogens is 1. The fourth-order valence-electron chi connectivity index (χ4n) is 4.77.